The number of anilines is 1. The summed E-state index contributed by atoms with van der Waals surface area (Å²) in [6.07, 6.45) is 1.68. The lowest BCUT2D eigenvalue weighted by Crippen LogP contribution is -2.51. The van der Waals surface area contributed by atoms with Crippen molar-refractivity contribution in [3.63, 3.8) is 0 Å². The molecule has 1 aromatic carbocycles. The van der Waals surface area contributed by atoms with E-state index < -0.39 is 6.10 Å². The summed E-state index contributed by atoms with van der Waals surface area (Å²) in [6.45, 7) is 5.05. The van der Waals surface area contributed by atoms with Gasteiger partial charge in [0.25, 0.3) is 0 Å². The van der Waals surface area contributed by atoms with Gasteiger partial charge >= 0.3 is 0 Å². The zero-order valence-electron chi connectivity index (χ0n) is 17.8. The summed E-state index contributed by atoms with van der Waals surface area (Å²) < 4.78 is 0. The predicted octanol–water partition coefficient (Wildman–Crippen LogP) is 2.25. The molecule has 8 nitrogen and oxygen atoms in total. The van der Waals surface area contributed by atoms with E-state index in [4.69, 9.17) is 16.4 Å². The number of carbonyl (C=O) groups excluding carboxylic acids is 1. The molecule has 1 saturated heterocycles. The van der Waals surface area contributed by atoms with Crippen LogP contribution in [0.4, 0.5) is 5.82 Å². The van der Waals surface area contributed by atoms with Crippen LogP contribution in [0.3, 0.4) is 0 Å². The fourth-order valence-electron chi connectivity index (χ4n) is 4.52. The van der Waals surface area contributed by atoms with Crippen LogP contribution in [-0.4, -0.2) is 65.7 Å². The Morgan fingerprint density at radius 2 is 1.97 bits per heavy atom. The predicted molar refractivity (Wildman–Crippen MR) is 118 cm³/mol. The lowest BCUT2D eigenvalue weighted by atomic mass is 9.97. The highest BCUT2D eigenvalue weighted by atomic mass is 35.5. The van der Waals surface area contributed by atoms with Crippen LogP contribution in [0, 0.1) is 0 Å². The zero-order chi connectivity index (χ0) is 22.0. The standard InChI is InChI=1S/C22H28ClN5O3/c1-14-11-18(29)20-19(14)21(25-13-24-20)27-7-9-28(10-8-27)22(30)17(12-26-31-2)15-3-5-16(23)6-4-15/h3-6,13-14,17-18,26,29H,7-12H2,1-2H3/t14-,17-,18-/m1/s1. The third-order valence-electron chi connectivity index (χ3n) is 6.17. The van der Waals surface area contributed by atoms with Gasteiger partial charge in [-0.3, -0.25) is 4.79 Å². The van der Waals surface area contributed by atoms with E-state index in [1.807, 2.05) is 17.0 Å². The Kier molecular flexibility index (Phi) is 6.71. The first-order chi connectivity index (χ1) is 15.0. The third kappa shape index (κ3) is 4.52. The van der Waals surface area contributed by atoms with Gasteiger partial charge in [-0.1, -0.05) is 30.7 Å². The highest BCUT2D eigenvalue weighted by Gasteiger charge is 2.35. The second-order valence-electron chi connectivity index (χ2n) is 8.12. The van der Waals surface area contributed by atoms with Crippen molar-refractivity contribution >= 4 is 23.3 Å². The van der Waals surface area contributed by atoms with Crippen molar-refractivity contribution < 1.29 is 14.7 Å². The Hall–Kier alpha value is -2.26. The van der Waals surface area contributed by atoms with Gasteiger partial charge in [0.05, 0.1) is 24.8 Å². The summed E-state index contributed by atoms with van der Waals surface area (Å²) >= 11 is 6.02. The van der Waals surface area contributed by atoms with Crippen molar-refractivity contribution in [2.45, 2.75) is 31.3 Å². The fourth-order valence-corrected chi connectivity index (χ4v) is 4.65. The van der Waals surface area contributed by atoms with Gasteiger partial charge in [0, 0.05) is 43.3 Å². The quantitative estimate of drug-likeness (QED) is 0.659. The maximum atomic E-state index is 13.3. The number of benzene rings is 1. The lowest BCUT2D eigenvalue weighted by Gasteiger charge is -2.38. The second-order valence-corrected chi connectivity index (χ2v) is 8.55. The van der Waals surface area contributed by atoms with Crippen molar-refractivity contribution in [3.8, 4) is 0 Å². The van der Waals surface area contributed by atoms with Gasteiger partial charge in [-0.2, -0.15) is 0 Å². The second kappa shape index (κ2) is 9.48. The molecule has 0 bridgehead atoms. The Morgan fingerprint density at radius 1 is 1.26 bits per heavy atom. The largest absolute Gasteiger partial charge is 0.387 e. The molecule has 0 unspecified atom stereocenters. The van der Waals surface area contributed by atoms with Crippen molar-refractivity contribution in [1.82, 2.24) is 20.3 Å². The molecule has 1 aliphatic carbocycles. The Balaban J connectivity index is 1.47. The smallest absolute Gasteiger partial charge is 0.231 e. The summed E-state index contributed by atoms with van der Waals surface area (Å²) in [5.74, 6) is 0.803. The molecule has 1 aliphatic heterocycles. The number of carbonyl (C=O) groups is 1. The molecule has 2 aliphatic rings. The maximum absolute atomic E-state index is 13.3. The Morgan fingerprint density at radius 3 is 2.65 bits per heavy atom. The van der Waals surface area contributed by atoms with Crippen molar-refractivity contribution in [3.05, 3.63) is 52.4 Å². The third-order valence-corrected chi connectivity index (χ3v) is 6.42. The monoisotopic (exact) mass is 445 g/mol. The van der Waals surface area contributed by atoms with Crippen molar-refractivity contribution in [1.29, 1.82) is 0 Å². The van der Waals surface area contributed by atoms with Crippen LogP contribution in [-0.2, 0) is 9.63 Å². The number of nitrogens with zero attached hydrogens (tertiary/aromatic N) is 4. The van der Waals surface area contributed by atoms with Crippen LogP contribution < -0.4 is 10.4 Å². The van der Waals surface area contributed by atoms with Crippen molar-refractivity contribution in [2.75, 3.05) is 44.7 Å². The van der Waals surface area contributed by atoms with Gasteiger partial charge in [-0.05, 0) is 30.0 Å². The molecule has 0 spiro atoms. The topological polar surface area (TPSA) is 90.8 Å². The number of piperazine rings is 1. The van der Waals surface area contributed by atoms with E-state index in [-0.39, 0.29) is 17.7 Å². The summed E-state index contributed by atoms with van der Waals surface area (Å²) in [6, 6.07) is 7.37. The summed E-state index contributed by atoms with van der Waals surface area (Å²) in [5, 5.41) is 10.9. The molecule has 2 heterocycles. The van der Waals surface area contributed by atoms with Gasteiger partial charge in [-0.15, -0.1) is 0 Å². The molecule has 31 heavy (non-hydrogen) atoms. The number of aliphatic hydroxyl groups is 1. The van der Waals surface area contributed by atoms with Gasteiger partial charge in [0.15, 0.2) is 0 Å². The van der Waals surface area contributed by atoms with Crippen LogP contribution in [0.1, 0.15) is 48.1 Å². The first-order valence-corrected chi connectivity index (χ1v) is 10.9. The molecule has 0 radical (unpaired) electrons. The number of aromatic nitrogens is 2. The van der Waals surface area contributed by atoms with E-state index in [2.05, 4.69) is 27.3 Å². The average molecular weight is 446 g/mol. The SMILES string of the molecule is CONC[C@@H](C(=O)N1CCN(c2ncnc3c2[C@H](C)C[C@H]3O)CC1)c1ccc(Cl)cc1. The van der Waals surface area contributed by atoms with E-state index >= 15 is 0 Å². The Labute approximate surface area is 187 Å². The van der Waals surface area contributed by atoms with Crippen LogP contribution >= 0.6 is 11.6 Å². The first-order valence-electron chi connectivity index (χ1n) is 10.6. The van der Waals surface area contributed by atoms with E-state index in [9.17, 15) is 9.90 Å². The van der Waals surface area contributed by atoms with E-state index in [1.165, 1.54) is 6.33 Å². The van der Waals surface area contributed by atoms with Crippen LogP contribution in [0.15, 0.2) is 30.6 Å². The molecular formula is C22H28ClN5O3. The number of halogens is 1. The minimum atomic E-state index is -0.525. The van der Waals surface area contributed by atoms with E-state index in [1.54, 1.807) is 19.2 Å². The molecule has 2 aromatic rings. The number of amides is 1. The number of hydrogen-bond donors (Lipinski definition) is 2. The normalized spacial score (nSPS) is 21.8. The van der Waals surface area contributed by atoms with Crippen LogP contribution in [0.5, 0.6) is 0 Å². The first kappa shape index (κ1) is 22.0. The van der Waals surface area contributed by atoms with Gasteiger partial charge < -0.3 is 19.7 Å². The molecule has 3 atom stereocenters. The summed E-state index contributed by atoms with van der Waals surface area (Å²) in [4.78, 5) is 31.3. The number of fused-ring (bicyclic) bond motifs is 1. The molecule has 1 fully saturated rings. The van der Waals surface area contributed by atoms with Gasteiger partial charge in [0.2, 0.25) is 5.91 Å². The van der Waals surface area contributed by atoms with E-state index in [0.29, 0.717) is 44.2 Å². The molecule has 166 valence electrons. The number of hydroxylamine groups is 1. The lowest BCUT2D eigenvalue weighted by molar-refractivity contribution is -0.133. The molecule has 1 aromatic heterocycles. The van der Waals surface area contributed by atoms with Gasteiger partial charge in [-0.25, -0.2) is 15.4 Å². The van der Waals surface area contributed by atoms with Crippen LogP contribution in [0.25, 0.3) is 0 Å². The van der Waals surface area contributed by atoms with Gasteiger partial charge in [0.1, 0.15) is 12.1 Å². The summed E-state index contributed by atoms with van der Waals surface area (Å²) in [5.41, 5.74) is 5.50. The molecule has 0 saturated carbocycles. The molecule has 4 rings (SSSR count). The number of nitrogens with one attached hydrogen (secondary N) is 1. The maximum Gasteiger partial charge on any atom is 0.231 e. The number of rotatable bonds is 6. The molecule has 9 heteroatoms. The minimum Gasteiger partial charge on any atom is -0.387 e. The summed E-state index contributed by atoms with van der Waals surface area (Å²) in [7, 11) is 1.54. The van der Waals surface area contributed by atoms with Crippen molar-refractivity contribution in [2.24, 2.45) is 0 Å². The Bertz CT molecular complexity index is 918. The zero-order valence-corrected chi connectivity index (χ0v) is 18.5. The highest BCUT2D eigenvalue weighted by molar-refractivity contribution is 6.30. The van der Waals surface area contributed by atoms with E-state index in [0.717, 1.165) is 22.6 Å². The minimum absolute atomic E-state index is 0.0585. The average Bonchev–Trinajstić information content (AvgIpc) is 3.09. The molecule has 2 N–H and O–H groups in total. The molecular weight excluding hydrogens is 418 g/mol. The van der Waals surface area contributed by atoms with Crippen LogP contribution in [0.2, 0.25) is 5.02 Å². The highest BCUT2D eigenvalue weighted by Crippen LogP contribution is 2.42. The number of hydrogen-bond acceptors (Lipinski definition) is 7. The molecule has 1 amide bonds. The fraction of sp³-hybridized carbons (Fsp3) is 0.500. The number of aliphatic hydroxyl groups excluding tert-OH is 1.